The number of rotatable bonds is 3. The van der Waals surface area contributed by atoms with Gasteiger partial charge in [-0.25, -0.2) is 0 Å². The zero-order valence-corrected chi connectivity index (χ0v) is 12.8. The van der Waals surface area contributed by atoms with E-state index in [0.717, 1.165) is 23.7 Å². The molecule has 3 rings (SSSR count). The molecule has 0 bridgehead atoms. The highest BCUT2D eigenvalue weighted by Gasteiger charge is 2.23. The van der Waals surface area contributed by atoms with E-state index in [1.54, 1.807) is 19.2 Å². The molecule has 1 N–H and O–H groups in total. The van der Waals surface area contributed by atoms with Crippen molar-refractivity contribution in [2.24, 2.45) is 0 Å². The van der Waals surface area contributed by atoms with E-state index in [9.17, 15) is 5.11 Å². The molecule has 1 unspecified atom stereocenters. The molecule has 0 aromatic heterocycles. The van der Waals surface area contributed by atoms with Gasteiger partial charge in [-0.2, -0.15) is 0 Å². The fourth-order valence-electron chi connectivity index (χ4n) is 2.77. The van der Waals surface area contributed by atoms with E-state index in [-0.39, 0.29) is 11.9 Å². The first-order valence-electron chi connectivity index (χ1n) is 7.34. The Kier molecular flexibility index (Phi) is 3.92. The zero-order chi connectivity index (χ0) is 15.5. The summed E-state index contributed by atoms with van der Waals surface area (Å²) >= 11 is 0. The number of ether oxygens (including phenoxy) is 1. The number of methoxy groups -OCH3 is 1. The number of phenols is 1. The summed E-state index contributed by atoms with van der Waals surface area (Å²) < 4.78 is 5.32. The van der Waals surface area contributed by atoms with Gasteiger partial charge in [-0.15, -0.1) is 0 Å². The molecule has 22 heavy (non-hydrogen) atoms. The molecule has 0 saturated heterocycles. The molecule has 0 spiro atoms. The summed E-state index contributed by atoms with van der Waals surface area (Å²) in [5.74, 6) is 1.12. The summed E-state index contributed by atoms with van der Waals surface area (Å²) in [6, 6.07) is 15.4. The maximum atomic E-state index is 9.70. The van der Waals surface area contributed by atoms with E-state index in [4.69, 9.17) is 4.74 Å². The van der Waals surface area contributed by atoms with Gasteiger partial charge in [0, 0.05) is 36.3 Å². The van der Waals surface area contributed by atoms with Crippen LogP contribution in [0.1, 0.15) is 6.92 Å². The van der Waals surface area contributed by atoms with Crippen molar-refractivity contribution < 1.29 is 9.84 Å². The first kappa shape index (κ1) is 14.3. The fourth-order valence-corrected chi connectivity index (χ4v) is 2.77. The Morgan fingerprint density at radius 2 is 1.86 bits per heavy atom. The highest BCUT2D eigenvalue weighted by Crippen LogP contribution is 2.30. The van der Waals surface area contributed by atoms with Crippen LogP contribution in [0.5, 0.6) is 11.5 Å². The molecule has 1 atom stereocenters. The Morgan fingerprint density at radius 3 is 2.64 bits per heavy atom. The Labute approximate surface area is 130 Å². The van der Waals surface area contributed by atoms with Crippen molar-refractivity contribution in [1.82, 2.24) is 0 Å². The van der Waals surface area contributed by atoms with Crippen molar-refractivity contribution in [3.8, 4) is 11.5 Å². The van der Waals surface area contributed by atoms with Crippen molar-refractivity contribution in [1.29, 1.82) is 0 Å². The molecule has 0 fully saturated rings. The van der Waals surface area contributed by atoms with Crippen LogP contribution in [-0.4, -0.2) is 24.9 Å². The van der Waals surface area contributed by atoms with Gasteiger partial charge in [0.1, 0.15) is 17.7 Å². The molecule has 0 amide bonds. The van der Waals surface area contributed by atoms with Gasteiger partial charge in [0.05, 0.1) is 7.11 Å². The Bertz CT molecular complexity index is 684. The van der Waals surface area contributed by atoms with Crippen molar-refractivity contribution in [3.05, 3.63) is 60.8 Å². The minimum Gasteiger partial charge on any atom is -0.508 e. The van der Waals surface area contributed by atoms with E-state index < -0.39 is 0 Å². The molecule has 1 heterocycles. The molecule has 1 aliphatic rings. The number of hydrogen-bond donors (Lipinski definition) is 1. The van der Waals surface area contributed by atoms with Gasteiger partial charge < -0.3 is 19.6 Å². The zero-order valence-electron chi connectivity index (χ0n) is 12.8. The molecule has 2 aromatic carbocycles. The Morgan fingerprint density at radius 1 is 1.09 bits per heavy atom. The second-order valence-electron chi connectivity index (χ2n) is 5.30. The Balaban J connectivity index is 1.90. The number of benzene rings is 2. The number of phenolic OH excluding ortho intramolecular Hbond substituents is 1. The minimum absolute atomic E-state index is 0.138. The van der Waals surface area contributed by atoms with Gasteiger partial charge in [0.25, 0.3) is 0 Å². The third-order valence-electron chi connectivity index (χ3n) is 3.93. The lowest BCUT2D eigenvalue weighted by Gasteiger charge is -2.41. The fraction of sp³-hybridized carbons (Fsp3) is 0.222. The topological polar surface area (TPSA) is 35.9 Å². The minimum atomic E-state index is 0.138. The second-order valence-corrected chi connectivity index (χ2v) is 5.30. The van der Waals surface area contributed by atoms with Crippen LogP contribution >= 0.6 is 0 Å². The average molecular weight is 296 g/mol. The van der Waals surface area contributed by atoms with Crippen molar-refractivity contribution in [2.45, 2.75) is 13.1 Å². The number of anilines is 2. The molecular formula is C18H20N2O2. The van der Waals surface area contributed by atoms with Crippen molar-refractivity contribution in [3.63, 3.8) is 0 Å². The lowest BCUT2D eigenvalue weighted by atomic mass is 10.2. The highest BCUT2D eigenvalue weighted by molar-refractivity contribution is 5.60. The van der Waals surface area contributed by atoms with Gasteiger partial charge in [0.15, 0.2) is 0 Å². The quantitative estimate of drug-likeness (QED) is 0.939. The molecule has 0 saturated carbocycles. The van der Waals surface area contributed by atoms with Gasteiger partial charge in [0.2, 0.25) is 0 Å². The molecule has 114 valence electrons. The number of nitrogens with zero attached hydrogens (tertiary/aromatic N) is 2. The summed E-state index contributed by atoms with van der Waals surface area (Å²) in [4.78, 5) is 4.43. The summed E-state index contributed by atoms with van der Waals surface area (Å²) in [6.07, 6.45) is 4.32. The third-order valence-corrected chi connectivity index (χ3v) is 3.93. The largest absolute Gasteiger partial charge is 0.508 e. The molecule has 0 aliphatic carbocycles. The second kappa shape index (κ2) is 6.02. The maximum Gasteiger partial charge on any atom is 0.120 e. The van der Waals surface area contributed by atoms with Crippen LogP contribution in [0.3, 0.4) is 0 Å². The predicted octanol–water partition coefficient (Wildman–Crippen LogP) is 3.59. The van der Waals surface area contributed by atoms with Crippen LogP contribution in [-0.2, 0) is 0 Å². The third kappa shape index (κ3) is 2.72. The van der Waals surface area contributed by atoms with E-state index in [1.807, 2.05) is 30.3 Å². The van der Waals surface area contributed by atoms with Crippen LogP contribution < -0.4 is 14.5 Å². The van der Waals surface area contributed by atoms with Crippen LogP contribution in [0.25, 0.3) is 0 Å². The van der Waals surface area contributed by atoms with E-state index in [2.05, 4.69) is 35.1 Å². The first-order valence-corrected chi connectivity index (χ1v) is 7.34. The van der Waals surface area contributed by atoms with Crippen LogP contribution in [0.15, 0.2) is 60.8 Å². The summed E-state index contributed by atoms with van der Waals surface area (Å²) in [5.41, 5.74) is 2.08. The SMILES string of the molecule is COc1cccc(N2CC=CN(c3cccc(O)c3)C2C)c1. The average Bonchev–Trinajstić information content (AvgIpc) is 2.55. The molecular weight excluding hydrogens is 276 g/mol. The predicted molar refractivity (Wildman–Crippen MR) is 89.5 cm³/mol. The normalized spacial score (nSPS) is 17.6. The summed E-state index contributed by atoms with van der Waals surface area (Å²) in [5, 5.41) is 9.70. The molecule has 4 nitrogen and oxygen atoms in total. The summed E-state index contributed by atoms with van der Waals surface area (Å²) in [6.45, 7) is 2.98. The van der Waals surface area contributed by atoms with Crippen LogP contribution in [0.4, 0.5) is 11.4 Å². The molecule has 1 aliphatic heterocycles. The standard InChI is InChI=1S/C18H20N2O2/c1-14-19(15-6-3-8-17(21)12-15)10-5-11-20(14)16-7-4-9-18(13-16)22-2/h3-10,12-14,21H,11H2,1-2H3. The molecule has 0 radical (unpaired) electrons. The van der Waals surface area contributed by atoms with E-state index in [1.165, 1.54) is 0 Å². The first-order chi connectivity index (χ1) is 10.7. The van der Waals surface area contributed by atoms with Crippen LogP contribution in [0.2, 0.25) is 0 Å². The summed E-state index contributed by atoms with van der Waals surface area (Å²) in [7, 11) is 1.68. The van der Waals surface area contributed by atoms with Gasteiger partial charge >= 0.3 is 0 Å². The number of hydrogen-bond acceptors (Lipinski definition) is 4. The van der Waals surface area contributed by atoms with Gasteiger partial charge in [-0.05, 0) is 37.3 Å². The molecule has 4 heteroatoms. The lowest BCUT2D eigenvalue weighted by Crippen LogP contribution is -2.47. The molecule has 2 aromatic rings. The highest BCUT2D eigenvalue weighted by atomic mass is 16.5. The number of aromatic hydroxyl groups is 1. The maximum absolute atomic E-state index is 9.70. The van der Waals surface area contributed by atoms with Gasteiger partial charge in [-0.3, -0.25) is 0 Å². The van der Waals surface area contributed by atoms with Crippen molar-refractivity contribution >= 4 is 11.4 Å². The monoisotopic (exact) mass is 296 g/mol. The lowest BCUT2D eigenvalue weighted by molar-refractivity contribution is 0.414. The van der Waals surface area contributed by atoms with E-state index >= 15 is 0 Å². The van der Waals surface area contributed by atoms with E-state index in [0.29, 0.717) is 0 Å². The van der Waals surface area contributed by atoms with Crippen LogP contribution in [0, 0.1) is 0 Å². The van der Waals surface area contributed by atoms with Gasteiger partial charge in [-0.1, -0.05) is 12.1 Å². The smallest absolute Gasteiger partial charge is 0.120 e. The van der Waals surface area contributed by atoms with Crippen molar-refractivity contribution in [2.75, 3.05) is 23.5 Å². The Hall–Kier alpha value is -2.62.